The van der Waals surface area contributed by atoms with E-state index < -0.39 is 0 Å². The number of ether oxygens (including phenoxy) is 2. The number of rotatable bonds is 2. The highest BCUT2D eigenvalue weighted by Gasteiger charge is 2.33. The second-order valence-corrected chi connectivity index (χ2v) is 6.21. The van der Waals surface area contributed by atoms with Gasteiger partial charge in [0.05, 0.1) is 26.3 Å². The summed E-state index contributed by atoms with van der Waals surface area (Å²) in [5.74, 6) is 1.40. The van der Waals surface area contributed by atoms with Gasteiger partial charge in [0, 0.05) is 18.1 Å². The van der Waals surface area contributed by atoms with Gasteiger partial charge in [0.15, 0.2) is 23.0 Å². The highest BCUT2D eigenvalue weighted by molar-refractivity contribution is 5.82. The third kappa shape index (κ3) is 2.12. The second-order valence-electron chi connectivity index (χ2n) is 6.21. The van der Waals surface area contributed by atoms with E-state index in [4.69, 9.17) is 9.47 Å². The van der Waals surface area contributed by atoms with Crippen LogP contribution >= 0.6 is 0 Å². The molecule has 3 N–H and O–H groups in total. The fraction of sp³-hybridized carbons (Fsp3) is 0.263. The van der Waals surface area contributed by atoms with Crippen LogP contribution in [0.1, 0.15) is 22.3 Å². The number of quaternary nitrogens is 1. The van der Waals surface area contributed by atoms with E-state index >= 15 is 0 Å². The van der Waals surface area contributed by atoms with Crippen LogP contribution in [-0.4, -0.2) is 31.0 Å². The van der Waals surface area contributed by atoms with Crippen molar-refractivity contribution in [1.29, 1.82) is 0 Å². The second kappa shape index (κ2) is 5.46. The third-order valence-corrected chi connectivity index (χ3v) is 4.94. The quantitative estimate of drug-likeness (QED) is 0.784. The van der Waals surface area contributed by atoms with Gasteiger partial charge < -0.3 is 19.7 Å². The number of phenols is 2. The molecule has 2 aliphatic heterocycles. The number of aromatic hydroxyl groups is 2. The molecule has 124 valence electrons. The summed E-state index contributed by atoms with van der Waals surface area (Å²) in [7, 11) is 3.15. The van der Waals surface area contributed by atoms with Crippen molar-refractivity contribution in [1.82, 2.24) is 0 Å². The van der Waals surface area contributed by atoms with Gasteiger partial charge in [-0.1, -0.05) is 6.07 Å². The van der Waals surface area contributed by atoms with E-state index in [1.165, 1.54) is 10.5 Å². The molecule has 2 heterocycles. The number of methoxy groups -OCH3 is 2. The van der Waals surface area contributed by atoms with Crippen molar-refractivity contribution in [2.75, 3.05) is 20.8 Å². The van der Waals surface area contributed by atoms with Crippen LogP contribution in [0.4, 0.5) is 0 Å². The molecule has 1 unspecified atom stereocenters. The van der Waals surface area contributed by atoms with Crippen molar-refractivity contribution >= 4 is 11.8 Å². The topological polar surface area (TPSA) is 63.4 Å². The molecule has 0 aromatic heterocycles. The zero-order valence-corrected chi connectivity index (χ0v) is 13.7. The fourth-order valence-electron chi connectivity index (χ4n) is 3.75. The molecule has 0 bridgehead atoms. The first kappa shape index (κ1) is 14.9. The smallest absolute Gasteiger partial charge is 0.169 e. The fourth-order valence-corrected chi connectivity index (χ4v) is 3.75. The predicted octanol–water partition coefficient (Wildman–Crippen LogP) is 1.57. The van der Waals surface area contributed by atoms with Crippen molar-refractivity contribution in [2.24, 2.45) is 0 Å². The molecule has 5 heteroatoms. The van der Waals surface area contributed by atoms with Crippen molar-refractivity contribution in [3.63, 3.8) is 0 Å². The number of benzene rings is 2. The highest BCUT2D eigenvalue weighted by atomic mass is 16.5. The first-order valence-electron chi connectivity index (χ1n) is 7.98. The summed E-state index contributed by atoms with van der Waals surface area (Å²) in [6.45, 7) is 1.70. The normalized spacial score (nSPS) is 18.1. The lowest BCUT2D eigenvalue weighted by Gasteiger charge is -2.32. The SMILES string of the molecule is COc1cc2c(cc1O)C1=Cc3ccc(O)c(OC)c3C[NH+]1CC2. The number of phenolic OH excluding ortho intramolecular Hbond substituents is 2. The molecule has 0 fully saturated rings. The van der Waals surface area contributed by atoms with Crippen LogP contribution in [0.25, 0.3) is 11.8 Å². The largest absolute Gasteiger partial charge is 0.504 e. The van der Waals surface area contributed by atoms with Gasteiger partial charge in [-0.2, -0.15) is 0 Å². The molecule has 2 aromatic rings. The summed E-state index contributed by atoms with van der Waals surface area (Å²) in [6, 6.07) is 7.29. The van der Waals surface area contributed by atoms with Crippen molar-refractivity contribution in [2.45, 2.75) is 13.0 Å². The molecule has 0 aliphatic carbocycles. The van der Waals surface area contributed by atoms with Crippen LogP contribution in [0.2, 0.25) is 0 Å². The summed E-state index contributed by atoms with van der Waals surface area (Å²) in [6.07, 6.45) is 3.04. The zero-order valence-electron chi connectivity index (χ0n) is 13.7. The van der Waals surface area contributed by atoms with Gasteiger partial charge in [-0.3, -0.25) is 4.90 Å². The molecule has 0 saturated carbocycles. The minimum atomic E-state index is 0.160. The lowest BCUT2D eigenvalue weighted by Crippen LogP contribution is -3.09. The van der Waals surface area contributed by atoms with Crippen molar-refractivity contribution in [3.05, 3.63) is 46.5 Å². The Kier molecular flexibility index (Phi) is 3.39. The van der Waals surface area contributed by atoms with Crippen LogP contribution in [0.15, 0.2) is 24.3 Å². The lowest BCUT2D eigenvalue weighted by atomic mass is 9.90. The molecule has 4 rings (SSSR count). The van der Waals surface area contributed by atoms with E-state index in [1.54, 1.807) is 26.4 Å². The van der Waals surface area contributed by atoms with E-state index in [-0.39, 0.29) is 11.5 Å². The summed E-state index contributed by atoms with van der Waals surface area (Å²) < 4.78 is 10.6. The first-order valence-corrected chi connectivity index (χ1v) is 7.98. The summed E-state index contributed by atoms with van der Waals surface area (Å²) >= 11 is 0. The van der Waals surface area contributed by atoms with E-state index in [1.807, 2.05) is 12.1 Å². The van der Waals surface area contributed by atoms with Crippen LogP contribution in [-0.2, 0) is 13.0 Å². The van der Waals surface area contributed by atoms with Crippen LogP contribution < -0.4 is 14.4 Å². The first-order chi connectivity index (χ1) is 11.6. The molecule has 0 amide bonds. The maximum atomic E-state index is 10.2. The standard InChI is InChI=1S/C19H19NO4/c1-23-18-8-12-5-6-20-10-14-11(3-4-16(21)19(14)24-2)7-15(20)13(12)9-17(18)22/h3-4,7-9,21-22H,5-6,10H2,1-2H3/p+1. The van der Waals surface area contributed by atoms with Gasteiger partial charge in [0.2, 0.25) is 0 Å². The number of nitrogens with one attached hydrogen (secondary N) is 1. The Labute approximate surface area is 140 Å². The summed E-state index contributed by atoms with van der Waals surface area (Å²) in [5.41, 5.74) is 5.49. The van der Waals surface area contributed by atoms with E-state index in [0.717, 1.165) is 41.9 Å². The van der Waals surface area contributed by atoms with E-state index in [9.17, 15) is 10.2 Å². The zero-order chi connectivity index (χ0) is 16.8. The van der Waals surface area contributed by atoms with Crippen molar-refractivity contribution < 1.29 is 24.6 Å². The molecule has 0 spiro atoms. The van der Waals surface area contributed by atoms with Gasteiger partial charge in [0.25, 0.3) is 0 Å². The molecule has 24 heavy (non-hydrogen) atoms. The Morgan fingerprint density at radius 1 is 1.04 bits per heavy atom. The highest BCUT2D eigenvalue weighted by Crippen LogP contribution is 2.38. The summed E-state index contributed by atoms with van der Waals surface area (Å²) in [4.78, 5) is 1.31. The molecule has 1 atom stereocenters. The minimum Gasteiger partial charge on any atom is -0.504 e. The summed E-state index contributed by atoms with van der Waals surface area (Å²) in [5, 5.41) is 20.2. The van der Waals surface area contributed by atoms with Gasteiger partial charge in [-0.05, 0) is 29.3 Å². The Hall–Kier alpha value is -2.66. The Morgan fingerprint density at radius 3 is 2.62 bits per heavy atom. The molecule has 0 saturated heterocycles. The molecule has 5 nitrogen and oxygen atoms in total. The number of hydrogen-bond acceptors (Lipinski definition) is 4. The monoisotopic (exact) mass is 326 g/mol. The molecule has 0 radical (unpaired) electrons. The maximum absolute atomic E-state index is 10.2. The maximum Gasteiger partial charge on any atom is 0.169 e. The van der Waals surface area contributed by atoms with Crippen LogP contribution in [0.3, 0.4) is 0 Å². The average Bonchev–Trinajstić information content (AvgIpc) is 2.59. The molecular formula is C19H20NO4+. The van der Waals surface area contributed by atoms with Crippen LogP contribution in [0.5, 0.6) is 23.0 Å². The minimum absolute atomic E-state index is 0.160. The molecule has 2 aromatic carbocycles. The number of hydrogen-bond donors (Lipinski definition) is 3. The van der Waals surface area contributed by atoms with Crippen LogP contribution in [0, 0.1) is 0 Å². The Balaban J connectivity index is 1.88. The van der Waals surface area contributed by atoms with Crippen molar-refractivity contribution in [3.8, 4) is 23.0 Å². The predicted molar refractivity (Wildman–Crippen MR) is 90.4 cm³/mol. The Morgan fingerprint density at radius 2 is 1.88 bits per heavy atom. The van der Waals surface area contributed by atoms with E-state index in [0.29, 0.717) is 11.5 Å². The van der Waals surface area contributed by atoms with E-state index in [2.05, 4.69) is 6.08 Å². The van der Waals surface area contributed by atoms with Gasteiger partial charge in [-0.15, -0.1) is 0 Å². The molecular weight excluding hydrogens is 306 g/mol. The Bertz CT molecular complexity index is 857. The third-order valence-electron chi connectivity index (χ3n) is 4.94. The lowest BCUT2D eigenvalue weighted by molar-refractivity contribution is -0.841. The van der Waals surface area contributed by atoms with Gasteiger partial charge in [-0.25, -0.2) is 0 Å². The molecule has 2 aliphatic rings. The number of fused-ring (bicyclic) bond motifs is 4. The van der Waals surface area contributed by atoms with Gasteiger partial charge >= 0.3 is 0 Å². The average molecular weight is 326 g/mol. The van der Waals surface area contributed by atoms with Gasteiger partial charge in [0.1, 0.15) is 12.2 Å².